The number of hydrogen-bond donors (Lipinski definition) is 1. The quantitative estimate of drug-likeness (QED) is 0.769. The number of hydrogen-bond acceptors (Lipinski definition) is 3. The Morgan fingerprint density at radius 1 is 1.19 bits per heavy atom. The standard InChI is InChI=1S/C13H23N3/c1-4-11(5-2)9-12(15-6-3)13-10-14-7-8-16-13/h7-8,10-12,15H,4-6,9H2,1-3H3. The van der Waals surface area contributed by atoms with Gasteiger partial charge in [0.15, 0.2) is 0 Å². The molecule has 0 aliphatic carbocycles. The molecule has 0 fully saturated rings. The van der Waals surface area contributed by atoms with E-state index in [4.69, 9.17) is 0 Å². The fourth-order valence-corrected chi connectivity index (χ4v) is 2.00. The van der Waals surface area contributed by atoms with E-state index >= 15 is 0 Å². The molecule has 3 nitrogen and oxygen atoms in total. The molecule has 0 aromatic carbocycles. The number of rotatable bonds is 7. The van der Waals surface area contributed by atoms with Crippen molar-refractivity contribution in [3.05, 3.63) is 24.3 Å². The highest BCUT2D eigenvalue weighted by molar-refractivity contribution is 5.02. The summed E-state index contributed by atoms with van der Waals surface area (Å²) in [4.78, 5) is 8.54. The molecule has 0 aliphatic heterocycles. The third-order valence-corrected chi connectivity index (χ3v) is 3.11. The van der Waals surface area contributed by atoms with Gasteiger partial charge < -0.3 is 5.32 Å². The number of nitrogens with zero attached hydrogens (tertiary/aromatic N) is 2. The van der Waals surface area contributed by atoms with Crippen LogP contribution in [0.5, 0.6) is 0 Å². The van der Waals surface area contributed by atoms with E-state index in [1.165, 1.54) is 12.8 Å². The zero-order valence-corrected chi connectivity index (χ0v) is 10.6. The number of nitrogens with one attached hydrogen (secondary N) is 1. The van der Waals surface area contributed by atoms with E-state index < -0.39 is 0 Å². The van der Waals surface area contributed by atoms with Crippen LogP contribution in [0.15, 0.2) is 18.6 Å². The first-order chi connectivity index (χ1) is 7.81. The van der Waals surface area contributed by atoms with E-state index in [2.05, 4.69) is 36.1 Å². The van der Waals surface area contributed by atoms with Crippen molar-refractivity contribution in [3.8, 4) is 0 Å². The van der Waals surface area contributed by atoms with Gasteiger partial charge in [0.1, 0.15) is 0 Å². The minimum absolute atomic E-state index is 0.351. The van der Waals surface area contributed by atoms with Crippen LogP contribution in [0.2, 0.25) is 0 Å². The molecule has 0 spiro atoms. The molecule has 1 rings (SSSR count). The van der Waals surface area contributed by atoms with Crippen molar-refractivity contribution >= 4 is 0 Å². The summed E-state index contributed by atoms with van der Waals surface area (Å²) in [5.41, 5.74) is 1.07. The van der Waals surface area contributed by atoms with E-state index in [1.54, 1.807) is 12.4 Å². The highest BCUT2D eigenvalue weighted by Gasteiger charge is 2.16. The van der Waals surface area contributed by atoms with Crippen LogP contribution in [0.25, 0.3) is 0 Å². The minimum atomic E-state index is 0.351. The molecule has 0 saturated carbocycles. The van der Waals surface area contributed by atoms with Gasteiger partial charge in [-0.05, 0) is 18.9 Å². The average molecular weight is 221 g/mol. The monoisotopic (exact) mass is 221 g/mol. The molecule has 0 saturated heterocycles. The molecule has 0 bridgehead atoms. The van der Waals surface area contributed by atoms with Crippen LogP contribution in [0.1, 0.15) is 51.8 Å². The Morgan fingerprint density at radius 3 is 2.44 bits per heavy atom. The lowest BCUT2D eigenvalue weighted by Gasteiger charge is -2.21. The van der Waals surface area contributed by atoms with Gasteiger partial charge in [0, 0.05) is 18.6 Å². The summed E-state index contributed by atoms with van der Waals surface area (Å²) < 4.78 is 0. The van der Waals surface area contributed by atoms with Crippen LogP contribution in [-0.2, 0) is 0 Å². The molecule has 1 N–H and O–H groups in total. The van der Waals surface area contributed by atoms with Gasteiger partial charge in [0.2, 0.25) is 0 Å². The van der Waals surface area contributed by atoms with E-state index in [1.807, 2.05) is 6.20 Å². The van der Waals surface area contributed by atoms with Gasteiger partial charge in [-0.15, -0.1) is 0 Å². The topological polar surface area (TPSA) is 37.8 Å². The molecular weight excluding hydrogens is 198 g/mol. The summed E-state index contributed by atoms with van der Waals surface area (Å²) in [5.74, 6) is 0.769. The second-order valence-corrected chi connectivity index (χ2v) is 4.16. The summed E-state index contributed by atoms with van der Waals surface area (Å²) in [6.07, 6.45) is 8.99. The summed E-state index contributed by atoms with van der Waals surface area (Å²) in [6.45, 7) is 7.62. The van der Waals surface area contributed by atoms with Gasteiger partial charge in [0.05, 0.1) is 11.7 Å². The number of aromatic nitrogens is 2. The molecule has 0 aliphatic rings. The molecule has 0 amide bonds. The first-order valence-electron chi connectivity index (χ1n) is 6.31. The molecule has 3 heteroatoms. The molecule has 1 atom stereocenters. The van der Waals surface area contributed by atoms with Gasteiger partial charge in [-0.25, -0.2) is 0 Å². The van der Waals surface area contributed by atoms with Gasteiger partial charge >= 0.3 is 0 Å². The Labute approximate surface area is 98.7 Å². The Hall–Kier alpha value is -0.960. The van der Waals surface area contributed by atoms with E-state index in [-0.39, 0.29) is 0 Å². The lowest BCUT2D eigenvalue weighted by atomic mass is 9.93. The maximum absolute atomic E-state index is 4.39. The largest absolute Gasteiger partial charge is 0.309 e. The van der Waals surface area contributed by atoms with Crippen LogP contribution in [0, 0.1) is 5.92 Å². The summed E-state index contributed by atoms with van der Waals surface area (Å²) in [5, 5.41) is 3.50. The van der Waals surface area contributed by atoms with Crippen LogP contribution < -0.4 is 5.32 Å². The second kappa shape index (κ2) is 7.34. The van der Waals surface area contributed by atoms with E-state index in [0.29, 0.717) is 6.04 Å². The lowest BCUT2D eigenvalue weighted by molar-refractivity contribution is 0.370. The molecule has 1 unspecified atom stereocenters. The fourth-order valence-electron chi connectivity index (χ4n) is 2.00. The van der Waals surface area contributed by atoms with Crippen molar-refractivity contribution in [2.75, 3.05) is 6.54 Å². The maximum Gasteiger partial charge on any atom is 0.0756 e. The summed E-state index contributed by atoms with van der Waals surface area (Å²) in [7, 11) is 0. The second-order valence-electron chi connectivity index (χ2n) is 4.16. The Kier molecular flexibility index (Phi) is 6.01. The molecule has 16 heavy (non-hydrogen) atoms. The van der Waals surface area contributed by atoms with Crippen molar-refractivity contribution in [1.29, 1.82) is 0 Å². The normalized spacial score (nSPS) is 13.0. The summed E-state index contributed by atoms with van der Waals surface area (Å²) in [6, 6.07) is 0.351. The van der Waals surface area contributed by atoms with E-state index in [9.17, 15) is 0 Å². The van der Waals surface area contributed by atoms with Gasteiger partial charge in [-0.2, -0.15) is 0 Å². The SMILES string of the molecule is CCNC(CC(CC)CC)c1cnccn1. The molecular formula is C13H23N3. The molecule has 1 heterocycles. The molecule has 0 radical (unpaired) electrons. The van der Waals surface area contributed by atoms with E-state index in [0.717, 1.165) is 24.6 Å². The van der Waals surface area contributed by atoms with Crippen LogP contribution in [-0.4, -0.2) is 16.5 Å². The third-order valence-electron chi connectivity index (χ3n) is 3.11. The van der Waals surface area contributed by atoms with Crippen molar-refractivity contribution < 1.29 is 0 Å². The molecule has 90 valence electrons. The predicted octanol–water partition coefficient (Wildman–Crippen LogP) is 2.95. The maximum atomic E-state index is 4.39. The van der Waals surface area contributed by atoms with Gasteiger partial charge in [-0.3, -0.25) is 9.97 Å². The molecule has 1 aromatic heterocycles. The average Bonchev–Trinajstić information content (AvgIpc) is 2.35. The van der Waals surface area contributed by atoms with Crippen LogP contribution >= 0.6 is 0 Å². The Bertz CT molecular complexity index is 270. The van der Waals surface area contributed by atoms with Crippen molar-refractivity contribution in [2.45, 2.75) is 46.1 Å². The first kappa shape index (κ1) is 13.1. The fraction of sp³-hybridized carbons (Fsp3) is 0.692. The lowest BCUT2D eigenvalue weighted by Crippen LogP contribution is -2.24. The smallest absolute Gasteiger partial charge is 0.0756 e. The summed E-state index contributed by atoms with van der Waals surface area (Å²) >= 11 is 0. The third kappa shape index (κ3) is 3.89. The van der Waals surface area contributed by atoms with Gasteiger partial charge in [-0.1, -0.05) is 33.6 Å². The Morgan fingerprint density at radius 2 is 1.94 bits per heavy atom. The van der Waals surface area contributed by atoms with Crippen molar-refractivity contribution in [1.82, 2.24) is 15.3 Å². The minimum Gasteiger partial charge on any atom is -0.309 e. The van der Waals surface area contributed by atoms with Crippen LogP contribution in [0.4, 0.5) is 0 Å². The highest BCUT2D eigenvalue weighted by Crippen LogP contribution is 2.23. The highest BCUT2D eigenvalue weighted by atomic mass is 14.9. The zero-order chi connectivity index (χ0) is 11.8. The molecule has 1 aromatic rings. The van der Waals surface area contributed by atoms with Crippen molar-refractivity contribution in [2.24, 2.45) is 5.92 Å². The zero-order valence-electron chi connectivity index (χ0n) is 10.6. The Balaban J connectivity index is 2.67. The van der Waals surface area contributed by atoms with Crippen molar-refractivity contribution in [3.63, 3.8) is 0 Å². The van der Waals surface area contributed by atoms with Gasteiger partial charge in [0.25, 0.3) is 0 Å². The first-order valence-corrected chi connectivity index (χ1v) is 6.31. The van der Waals surface area contributed by atoms with Crippen LogP contribution in [0.3, 0.4) is 0 Å². The predicted molar refractivity (Wildman–Crippen MR) is 67.1 cm³/mol.